The van der Waals surface area contributed by atoms with E-state index in [1.54, 1.807) is 0 Å². The van der Waals surface area contributed by atoms with Crippen LogP contribution in [0.2, 0.25) is 0 Å². The number of hydrogen-bond donors (Lipinski definition) is 2. The van der Waals surface area contributed by atoms with E-state index >= 15 is 0 Å². The molecule has 1 aromatic carbocycles. The van der Waals surface area contributed by atoms with Crippen molar-refractivity contribution in [3.63, 3.8) is 0 Å². The molecular formula is C15H23NO2. The van der Waals surface area contributed by atoms with Gasteiger partial charge in [0.1, 0.15) is 18.5 Å². The molecule has 0 spiro atoms. The first kappa shape index (κ1) is 13.4. The van der Waals surface area contributed by atoms with Crippen LogP contribution in [-0.2, 0) is 0 Å². The zero-order valence-electron chi connectivity index (χ0n) is 11.1. The maximum absolute atomic E-state index is 9.84. The molecule has 0 heterocycles. The van der Waals surface area contributed by atoms with Crippen LogP contribution in [0.1, 0.15) is 31.2 Å². The Kier molecular flexibility index (Phi) is 5.02. The van der Waals surface area contributed by atoms with Crippen LogP contribution in [-0.4, -0.2) is 30.4 Å². The van der Waals surface area contributed by atoms with E-state index in [-0.39, 0.29) is 0 Å². The fourth-order valence-electron chi connectivity index (χ4n) is 2.32. The Balaban J connectivity index is 1.64. The maximum atomic E-state index is 9.84. The molecule has 1 fully saturated rings. The van der Waals surface area contributed by atoms with Crippen molar-refractivity contribution in [2.24, 2.45) is 0 Å². The highest BCUT2D eigenvalue weighted by Crippen LogP contribution is 2.17. The standard InChI is InChI=1S/C15H23NO2/c1-12-6-8-15(9-7-12)18-11-14(17)10-16-13-4-2-3-5-13/h6-9,13-14,16-17H,2-5,10-11H2,1H3/t14-/m1/s1. The molecule has 1 aliphatic carbocycles. The molecule has 2 N–H and O–H groups in total. The highest BCUT2D eigenvalue weighted by molar-refractivity contribution is 5.26. The third kappa shape index (κ3) is 4.31. The van der Waals surface area contributed by atoms with Crippen LogP contribution in [0.25, 0.3) is 0 Å². The SMILES string of the molecule is Cc1ccc(OC[C@H](O)CNC2CCCC2)cc1. The average molecular weight is 249 g/mol. The van der Waals surface area contributed by atoms with Crippen molar-refractivity contribution in [2.75, 3.05) is 13.2 Å². The topological polar surface area (TPSA) is 41.5 Å². The van der Waals surface area contributed by atoms with Gasteiger partial charge in [0.25, 0.3) is 0 Å². The third-order valence-electron chi connectivity index (χ3n) is 3.46. The first-order valence-corrected chi connectivity index (χ1v) is 6.85. The van der Waals surface area contributed by atoms with Crippen LogP contribution in [0.4, 0.5) is 0 Å². The lowest BCUT2D eigenvalue weighted by atomic mass is 10.2. The minimum Gasteiger partial charge on any atom is -0.491 e. The smallest absolute Gasteiger partial charge is 0.119 e. The normalized spacial score (nSPS) is 17.9. The Labute approximate surface area is 109 Å². The van der Waals surface area contributed by atoms with Gasteiger partial charge in [-0.05, 0) is 31.9 Å². The monoisotopic (exact) mass is 249 g/mol. The molecule has 1 aliphatic rings. The lowest BCUT2D eigenvalue weighted by molar-refractivity contribution is 0.104. The average Bonchev–Trinajstić information content (AvgIpc) is 2.89. The van der Waals surface area contributed by atoms with Gasteiger partial charge in [0, 0.05) is 12.6 Å². The van der Waals surface area contributed by atoms with Gasteiger partial charge >= 0.3 is 0 Å². The Hall–Kier alpha value is -1.06. The first-order chi connectivity index (χ1) is 8.74. The van der Waals surface area contributed by atoms with Crippen LogP contribution < -0.4 is 10.1 Å². The molecule has 0 unspecified atom stereocenters. The minimum absolute atomic E-state index is 0.350. The second kappa shape index (κ2) is 6.76. The van der Waals surface area contributed by atoms with Crippen molar-refractivity contribution in [2.45, 2.75) is 44.8 Å². The van der Waals surface area contributed by atoms with Crippen molar-refractivity contribution < 1.29 is 9.84 Å². The van der Waals surface area contributed by atoms with Gasteiger partial charge in [0.15, 0.2) is 0 Å². The van der Waals surface area contributed by atoms with Gasteiger partial charge in [-0.3, -0.25) is 0 Å². The van der Waals surface area contributed by atoms with Crippen molar-refractivity contribution >= 4 is 0 Å². The summed E-state index contributed by atoms with van der Waals surface area (Å²) in [7, 11) is 0. The molecule has 2 rings (SSSR count). The molecule has 3 heteroatoms. The van der Waals surface area contributed by atoms with Crippen LogP contribution in [0.3, 0.4) is 0 Å². The fraction of sp³-hybridized carbons (Fsp3) is 0.600. The van der Waals surface area contributed by atoms with Crippen molar-refractivity contribution in [3.05, 3.63) is 29.8 Å². The van der Waals surface area contributed by atoms with Crippen molar-refractivity contribution in [1.29, 1.82) is 0 Å². The van der Waals surface area contributed by atoms with E-state index in [0.29, 0.717) is 19.2 Å². The molecule has 1 atom stereocenters. The summed E-state index contributed by atoms with van der Waals surface area (Å²) >= 11 is 0. The Morgan fingerprint density at radius 1 is 1.28 bits per heavy atom. The minimum atomic E-state index is -0.438. The summed E-state index contributed by atoms with van der Waals surface area (Å²) in [6.45, 7) is 3.02. The lowest BCUT2D eigenvalue weighted by Gasteiger charge is -2.16. The third-order valence-corrected chi connectivity index (χ3v) is 3.46. The van der Waals surface area contributed by atoms with Gasteiger partial charge in [0.05, 0.1) is 0 Å². The Morgan fingerprint density at radius 3 is 2.61 bits per heavy atom. The van der Waals surface area contributed by atoms with Gasteiger partial charge in [-0.2, -0.15) is 0 Å². The number of nitrogens with one attached hydrogen (secondary N) is 1. The number of benzene rings is 1. The molecule has 0 saturated heterocycles. The van der Waals surface area contributed by atoms with Gasteiger partial charge in [0.2, 0.25) is 0 Å². The fourth-order valence-corrected chi connectivity index (χ4v) is 2.32. The number of hydrogen-bond acceptors (Lipinski definition) is 3. The molecule has 1 aromatic rings. The predicted octanol–water partition coefficient (Wildman–Crippen LogP) is 2.27. The quantitative estimate of drug-likeness (QED) is 0.812. The van der Waals surface area contributed by atoms with E-state index in [1.807, 2.05) is 31.2 Å². The molecule has 100 valence electrons. The maximum Gasteiger partial charge on any atom is 0.119 e. The summed E-state index contributed by atoms with van der Waals surface area (Å²) in [6, 6.07) is 8.50. The van der Waals surface area contributed by atoms with Crippen LogP contribution in [0.15, 0.2) is 24.3 Å². The summed E-state index contributed by atoms with van der Waals surface area (Å²) in [6.07, 6.45) is 4.67. The Morgan fingerprint density at radius 2 is 1.94 bits per heavy atom. The highest BCUT2D eigenvalue weighted by Gasteiger charge is 2.15. The van der Waals surface area contributed by atoms with Crippen LogP contribution in [0.5, 0.6) is 5.75 Å². The molecule has 0 bridgehead atoms. The van der Waals surface area contributed by atoms with E-state index < -0.39 is 6.10 Å². The molecule has 0 aliphatic heterocycles. The number of rotatable bonds is 6. The zero-order chi connectivity index (χ0) is 12.8. The van der Waals surface area contributed by atoms with E-state index in [9.17, 15) is 5.11 Å². The van der Waals surface area contributed by atoms with Gasteiger partial charge < -0.3 is 15.2 Å². The van der Waals surface area contributed by atoms with E-state index in [2.05, 4.69) is 5.32 Å². The van der Waals surface area contributed by atoms with E-state index in [0.717, 1.165) is 5.75 Å². The summed E-state index contributed by atoms with van der Waals surface area (Å²) < 4.78 is 5.55. The molecule has 18 heavy (non-hydrogen) atoms. The number of aryl methyl sites for hydroxylation is 1. The Bertz CT molecular complexity index is 344. The van der Waals surface area contributed by atoms with Gasteiger partial charge in [-0.1, -0.05) is 30.5 Å². The predicted molar refractivity (Wildman–Crippen MR) is 72.9 cm³/mol. The zero-order valence-corrected chi connectivity index (χ0v) is 11.1. The molecule has 3 nitrogen and oxygen atoms in total. The van der Waals surface area contributed by atoms with Gasteiger partial charge in [-0.15, -0.1) is 0 Å². The van der Waals surface area contributed by atoms with Crippen molar-refractivity contribution in [1.82, 2.24) is 5.32 Å². The molecular weight excluding hydrogens is 226 g/mol. The van der Waals surface area contributed by atoms with Crippen LogP contribution >= 0.6 is 0 Å². The van der Waals surface area contributed by atoms with E-state index in [1.165, 1.54) is 31.2 Å². The summed E-state index contributed by atoms with van der Waals surface area (Å²) in [5, 5.41) is 13.2. The first-order valence-electron chi connectivity index (χ1n) is 6.85. The molecule has 1 saturated carbocycles. The van der Waals surface area contributed by atoms with Gasteiger partial charge in [-0.25, -0.2) is 0 Å². The largest absolute Gasteiger partial charge is 0.491 e. The van der Waals surface area contributed by atoms with Crippen molar-refractivity contribution in [3.8, 4) is 5.75 Å². The summed E-state index contributed by atoms with van der Waals surface area (Å²) in [5.41, 5.74) is 1.21. The lowest BCUT2D eigenvalue weighted by Crippen LogP contribution is -2.36. The second-order valence-corrected chi connectivity index (χ2v) is 5.17. The second-order valence-electron chi connectivity index (χ2n) is 5.17. The number of aliphatic hydroxyl groups excluding tert-OH is 1. The highest BCUT2D eigenvalue weighted by atomic mass is 16.5. The summed E-state index contributed by atoms with van der Waals surface area (Å²) in [5.74, 6) is 0.820. The van der Waals surface area contributed by atoms with Crippen LogP contribution in [0, 0.1) is 6.92 Å². The van der Waals surface area contributed by atoms with E-state index in [4.69, 9.17) is 4.74 Å². The summed E-state index contributed by atoms with van der Waals surface area (Å²) in [4.78, 5) is 0. The number of ether oxygens (including phenoxy) is 1. The number of aliphatic hydroxyl groups is 1. The molecule has 0 radical (unpaired) electrons. The molecule has 0 aromatic heterocycles. The molecule has 0 amide bonds.